The van der Waals surface area contributed by atoms with E-state index in [1.165, 1.54) is 0 Å². The molecule has 0 unspecified atom stereocenters. The first kappa shape index (κ1) is 20.0. The summed E-state index contributed by atoms with van der Waals surface area (Å²) in [6.07, 6.45) is 0. The van der Waals surface area contributed by atoms with Crippen LogP contribution in [0.25, 0.3) is 11.4 Å². The summed E-state index contributed by atoms with van der Waals surface area (Å²) < 4.78 is 7.17. The molecule has 2 heterocycles. The number of nitrogens with one attached hydrogen (secondary N) is 2. The zero-order valence-electron chi connectivity index (χ0n) is 15.5. The van der Waals surface area contributed by atoms with Gasteiger partial charge in [0, 0.05) is 15.1 Å². The fraction of sp³-hybridized carbons (Fsp3) is 0.105. The zero-order chi connectivity index (χ0) is 21.3. The Balaban J connectivity index is 1.59. The van der Waals surface area contributed by atoms with Crippen LogP contribution in [-0.2, 0) is 6.54 Å². The van der Waals surface area contributed by atoms with Gasteiger partial charge < -0.3 is 5.32 Å². The van der Waals surface area contributed by atoms with Gasteiger partial charge in [-0.3, -0.25) is 14.3 Å². The van der Waals surface area contributed by atoms with Crippen LogP contribution in [0.4, 0.5) is 5.69 Å². The molecule has 0 atom stereocenters. The Labute approximate surface area is 183 Å². The minimum absolute atomic E-state index is 0.169. The van der Waals surface area contributed by atoms with E-state index in [4.69, 9.17) is 11.6 Å². The molecule has 2 aromatic heterocycles. The summed E-state index contributed by atoms with van der Waals surface area (Å²) in [6, 6.07) is 12.6. The lowest BCUT2D eigenvalue weighted by molar-refractivity contribution is 0.102. The minimum Gasteiger partial charge on any atom is -0.320 e. The number of nitrogens with zero attached hydrogens (tertiary/aromatic N) is 4. The van der Waals surface area contributed by atoms with Crippen molar-refractivity contribution in [3.8, 4) is 11.4 Å². The Morgan fingerprint density at radius 3 is 2.73 bits per heavy atom. The Hall–Kier alpha value is -3.24. The smallest absolute Gasteiger partial charge is 0.320 e. The highest BCUT2D eigenvalue weighted by Gasteiger charge is 2.19. The number of carbonyl (C=O) groups is 1. The number of hydrogen-bond donors (Lipinski definition) is 2. The molecule has 0 fully saturated rings. The number of carbonyl (C=O) groups excluding carboxylic acids is 1. The Bertz CT molecular complexity index is 1280. The second-order valence-electron chi connectivity index (χ2n) is 6.40. The number of halogens is 2. The van der Waals surface area contributed by atoms with Gasteiger partial charge in [0.05, 0.1) is 17.9 Å². The van der Waals surface area contributed by atoms with E-state index in [0.29, 0.717) is 28.5 Å². The van der Waals surface area contributed by atoms with E-state index in [9.17, 15) is 9.59 Å². The van der Waals surface area contributed by atoms with Crippen LogP contribution in [0, 0.1) is 6.92 Å². The van der Waals surface area contributed by atoms with E-state index in [-0.39, 0.29) is 11.5 Å². The van der Waals surface area contributed by atoms with Crippen molar-refractivity contribution in [2.75, 3.05) is 5.32 Å². The summed E-state index contributed by atoms with van der Waals surface area (Å²) in [5, 5.41) is 14.9. The van der Waals surface area contributed by atoms with Crippen LogP contribution in [0.3, 0.4) is 0 Å². The first-order chi connectivity index (χ1) is 14.4. The van der Waals surface area contributed by atoms with Crippen molar-refractivity contribution >= 4 is 39.1 Å². The largest absolute Gasteiger partial charge is 0.439 e. The number of H-pyrrole nitrogens is 1. The van der Waals surface area contributed by atoms with Gasteiger partial charge >= 0.3 is 5.76 Å². The molecule has 0 aliphatic carbocycles. The fourth-order valence-electron chi connectivity index (χ4n) is 2.84. The Kier molecular flexibility index (Phi) is 5.51. The molecule has 4 aromatic rings. The first-order valence-electron chi connectivity index (χ1n) is 8.72. The van der Waals surface area contributed by atoms with Gasteiger partial charge in [-0.2, -0.15) is 0 Å². The van der Waals surface area contributed by atoms with Gasteiger partial charge in [-0.05, 0) is 42.8 Å². The predicted molar refractivity (Wildman–Crippen MR) is 114 cm³/mol. The van der Waals surface area contributed by atoms with Gasteiger partial charge in [-0.25, -0.2) is 9.48 Å². The third-order valence-corrected chi connectivity index (χ3v) is 5.13. The Morgan fingerprint density at radius 1 is 1.27 bits per heavy atom. The first-order valence-corrected chi connectivity index (χ1v) is 9.89. The fourth-order valence-corrected chi connectivity index (χ4v) is 3.27. The summed E-state index contributed by atoms with van der Waals surface area (Å²) in [6.45, 7) is 2.24. The highest BCUT2D eigenvalue weighted by molar-refractivity contribution is 9.10. The summed E-state index contributed by atoms with van der Waals surface area (Å²) in [4.78, 5) is 26.6. The Morgan fingerprint density at radius 2 is 2.03 bits per heavy atom. The summed E-state index contributed by atoms with van der Waals surface area (Å²) in [7, 11) is 0. The SMILES string of the molecule is Cc1c(C(=O)Nc2cc(Cl)ccc2-c2noc(=O)[nH]2)nnn1Cc1ccc(Br)cc1. The van der Waals surface area contributed by atoms with E-state index < -0.39 is 11.7 Å². The van der Waals surface area contributed by atoms with Gasteiger partial charge in [0.2, 0.25) is 0 Å². The average molecular weight is 490 g/mol. The molecule has 30 heavy (non-hydrogen) atoms. The van der Waals surface area contributed by atoms with Crippen molar-refractivity contribution in [2.24, 2.45) is 0 Å². The number of aromatic amines is 1. The van der Waals surface area contributed by atoms with Gasteiger partial charge in [0.15, 0.2) is 11.5 Å². The molecule has 4 rings (SSSR count). The molecular weight excluding hydrogens is 476 g/mol. The molecule has 0 bridgehead atoms. The van der Waals surface area contributed by atoms with Crippen LogP contribution in [0.2, 0.25) is 5.02 Å². The van der Waals surface area contributed by atoms with Crippen LogP contribution < -0.4 is 11.1 Å². The van der Waals surface area contributed by atoms with Crippen LogP contribution in [-0.4, -0.2) is 31.0 Å². The molecule has 2 aromatic carbocycles. The molecule has 0 aliphatic rings. The molecule has 152 valence electrons. The van der Waals surface area contributed by atoms with Crippen LogP contribution in [0.15, 0.2) is 56.3 Å². The molecule has 0 aliphatic heterocycles. The second kappa shape index (κ2) is 8.25. The third-order valence-electron chi connectivity index (χ3n) is 4.37. The number of aromatic nitrogens is 5. The zero-order valence-corrected chi connectivity index (χ0v) is 17.9. The van der Waals surface area contributed by atoms with E-state index >= 15 is 0 Å². The molecule has 0 saturated heterocycles. The number of hydrogen-bond acceptors (Lipinski definition) is 6. The summed E-state index contributed by atoms with van der Waals surface area (Å²) in [5.74, 6) is -1.00. The molecular formula is C19H14BrClN6O3. The predicted octanol–water partition coefficient (Wildman–Crippen LogP) is 3.65. The van der Waals surface area contributed by atoms with Crippen molar-refractivity contribution in [1.82, 2.24) is 25.1 Å². The highest BCUT2D eigenvalue weighted by atomic mass is 79.9. The second-order valence-corrected chi connectivity index (χ2v) is 7.75. The maximum Gasteiger partial charge on any atom is 0.439 e. The average Bonchev–Trinajstić information content (AvgIpc) is 3.30. The van der Waals surface area contributed by atoms with Gasteiger partial charge in [0.25, 0.3) is 5.91 Å². The summed E-state index contributed by atoms with van der Waals surface area (Å²) >= 11 is 9.48. The van der Waals surface area contributed by atoms with Crippen molar-refractivity contribution in [2.45, 2.75) is 13.5 Å². The van der Waals surface area contributed by atoms with E-state index in [1.807, 2.05) is 24.3 Å². The third kappa shape index (κ3) is 4.19. The number of benzene rings is 2. The molecule has 2 N–H and O–H groups in total. The van der Waals surface area contributed by atoms with Gasteiger partial charge in [-0.1, -0.05) is 50.0 Å². The molecule has 1 amide bonds. The monoisotopic (exact) mass is 488 g/mol. The molecule has 9 nitrogen and oxygen atoms in total. The van der Waals surface area contributed by atoms with Crippen LogP contribution >= 0.6 is 27.5 Å². The van der Waals surface area contributed by atoms with E-state index in [1.54, 1.807) is 29.8 Å². The van der Waals surface area contributed by atoms with E-state index in [0.717, 1.165) is 10.0 Å². The topological polar surface area (TPSA) is 119 Å². The van der Waals surface area contributed by atoms with Crippen molar-refractivity contribution in [3.05, 3.63) is 79.5 Å². The number of amides is 1. The molecule has 11 heteroatoms. The van der Waals surface area contributed by atoms with Crippen molar-refractivity contribution < 1.29 is 9.32 Å². The maximum absolute atomic E-state index is 12.9. The normalized spacial score (nSPS) is 10.9. The quantitative estimate of drug-likeness (QED) is 0.442. The maximum atomic E-state index is 12.9. The van der Waals surface area contributed by atoms with Gasteiger partial charge in [0.1, 0.15) is 0 Å². The molecule has 0 radical (unpaired) electrons. The lowest BCUT2D eigenvalue weighted by Crippen LogP contribution is -2.15. The summed E-state index contributed by atoms with van der Waals surface area (Å²) in [5.41, 5.74) is 2.59. The van der Waals surface area contributed by atoms with Gasteiger partial charge in [-0.15, -0.1) is 5.10 Å². The lowest BCUT2D eigenvalue weighted by Gasteiger charge is -2.09. The van der Waals surface area contributed by atoms with E-state index in [2.05, 4.69) is 46.2 Å². The minimum atomic E-state index is -0.705. The van der Waals surface area contributed by atoms with Crippen molar-refractivity contribution in [3.63, 3.8) is 0 Å². The standard InChI is InChI=1S/C19H14BrClN6O3/c1-10-16(24-26-27(10)9-11-2-4-12(20)5-3-11)18(28)22-15-8-13(21)6-7-14(15)17-23-19(29)30-25-17/h2-8H,9H2,1H3,(H,22,28)(H,23,25,29). The van der Waals surface area contributed by atoms with Crippen molar-refractivity contribution in [1.29, 1.82) is 0 Å². The molecule has 0 saturated carbocycles. The van der Waals surface area contributed by atoms with Crippen LogP contribution in [0.5, 0.6) is 0 Å². The molecule has 0 spiro atoms. The lowest BCUT2D eigenvalue weighted by atomic mass is 10.1. The van der Waals surface area contributed by atoms with Crippen LogP contribution in [0.1, 0.15) is 21.7 Å². The number of anilines is 1. The number of rotatable bonds is 5. The highest BCUT2D eigenvalue weighted by Crippen LogP contribution is 2.28.